The number of ether oxygens (including phenoxy) is 1. The van der Waals surface area contributed by atoms with Crippen LogP contribution in [0.5, 0.6) is 0 Å². The Morgan fingerprint density at radius 3 is 2.90 bits per heavy atom. The van der Waals surface area contributed by atoms with Crippen molar-refractivity contribution in [1.82, 2.24) is 4.90 Å². The van der Waals surface area contributed by atoms with Gasteiger partial charge in [-0.25, -0.2) is 0 Å². The summed E-state index contributed by atoms with van der Waals surface area (Å²) in [5.41, 5.74) is 0.607. The van der Waals surface area contributed by atoms with Gasteiger partial charge in [-0.15, -0.1) is 0 Å². The minimum atomic E-state index is -0.223. The second-order valence-corrected chi connectivity index (χ2v) is 5.40. The lowest BCUT2D eigenvalue weighted by atomic mass is 10.2. The van der Waals surface area contributed by atoms with Gasteiger partial charge in [0.2, 0.25) is 5.91 Å². The molecule has 1 N–H and O–H groups in total. The second kappa shape index (κ2) is 7.43. The molecule has 0 saturated carbocycles. The molecule has 1 unspecified atom stereocenters. The van der Waals surface area contributed by atoms with Gasteiger partial charge in [0.15, 0.2) is 0 Å². The predicted octanol–water partition coefficient (Wildman–Crippen LogP) is 2.31. The Balaban J connectivity index is 1.84. The summed E-state index contributed by atoms with van der Waals surface area (Å²) in [7, 11) is 1.39. The average molecular weight is 311 g/mol. The van der Waals surface area contributed by atoms with Gasteiger partial charge in [0.1, 0.15) is 6.04 Å². The maximum atomic E-state index is 12.0. The fraction of sp³-hybridized carbons (Fsp3) is 0.467. The SMILES string of the molecule is COC(=O)C1CCCN1CCC(=O)Nc1ccccc1Cl. The number of nitrogens with one attached hydrogen (secondary N) is 1. The minimum Gasteiger partial charge on any atom is -0.468 e. The quantitative estimate of drug-likeness (QED) is 0.848. The first kappa shape index (κ1) is 15.8. The Morgan fingerprint density at radius 2 is 2.19 bits per heavy atom. The van der Waals surface area contributed by atoms with E-state index >= 15 is 0 Å². The van der Waals surface area contributed by atoms with Crippen LogP contribution in [0, 0.1) is 0 Å². The van der Waals surface area contributed by atoms with Crippen molar-refractivity contribution in [3.05, 3.63) is 29.3 Å². The van der Waals surface area contributed by atoms with E-state index in [1.165, 1.54) is 7.11 Å². The number of methoxy groups -OCH3 is 1. The van der Waals surface area contributed by atoms with Crippen molar-refractivity contribution < 1.29 is 14.3 Å². The van der Waals surface area contributed by atoms with Gasteiger partial charge in [-0.05, 0) is 31.5 Å². The second-order valence-electron chi connectivity index (χ2n) is 5.00. The number of para-hydroxylation sites is 1. The summed E-state index contributed by atoms with van der Waals surface area (Å²) >= 11 is 5.99. The van der Waals surface area contributed by atoms with E-state index < -0.39 is 0 Å². The fourth-order valence-corrected chi connectivity index (χ4v) is 2.70. The lowest BCUT2D eigenvalue weighted by Gasteiger charge is -2.21. The zero-order valence-electron chi connectivity index (χ0n) is 12.0. The molecule has 2 rings (SSSR count). The first-order valence-electron chi connectivity index (χ1n) is 6.98. The lowest BCUT2D eigenvalue weighted by Crippen LogP contribution is -2.38. The highest BCUT2D eigenvalue weighted by atomic mass is 35.5. The molecule has 1 aliphatic heterocycles. The summed E-state index contributed by atoms with van der Waals surface area (Å²) in [6, 6.07) is 6.89. The Labute approximate surface area is 129 Å². The molecule has 21 heavy (non-hydrogen) atoms. The van der Waals surface area contributed by atoms with Crippen molar-refractivity contribution in [2.45, 2.75) is 25.3 Å². The molecule has 0 bridgehead atoms. The third-order valence-corrected chi connectivity index (χ3v) is 3.94. The Bertz CT molecular complexity index is 521. The molecule has 1 aromatic carbocycles. The Morgan fingerprint density at radius 1 is 1.43 bits per heavy atom. The monoisotopic (exact) mass is 310 g/mol. The van der Waals surface area contributed by atoms with Crippen molar-refractivity contribution in [3.8, 4) is 0 Å². The Kier molecular flexibility index (Phi) is 5.59. The van der Waals surface area contributed by atoms with Crippen LogP contribution in [0.25, 0.3) is 0 Å². The highest BCUT2D eigenvalue weighted by Crippen LogP contribution is 2.21. The number of amides is 1. The van der Waals surface area contributed by atoms with Gasteiger partial charge in [-0.2, -0.15) is 0 Å². The summed E-state index contributed by atoms with van der Waals surface area (Å²) < 4.78 is 4.78. The van der Waals surface area contributed by atoms with Crippen molar-refractivity contribution in [2.24, 2.45) is 0 Å². The van der Waals surface area contributed by atoms with Crippen LogP contribution in [0.4, 0.5) is 5.69 Å². The maximum Gasteiger partial charge on any atom is 0.323 e. The summed E-state index contributed by atoms with van der Waals surface area (Å²) in [6.07, 6.45) is 2.06. The first-order chi connectivity index (χ1) is 10.1. The summed E-state index contributed by atoms with van der Waals surface area (Å²) in [5, 5.41) is 3.29. The van der Waals surface area contributed by atoms with Crippen LogP contribution in [0.1, 0.15) is 19.3 Å². The van der Waals surface area contributed by atoms with Crippen molar-refractivity contribution >= 4 is 29.2 Å². The van der Waals surface area contributed by atoms with E-state index in [9.17, 15) is 9.59 Å². The van der Waals surface area contributed by atoms with E-state index in [0.29, 0.717) is 23.7 Å². The zero-order valence-corrected chi connectivity index (χ0v) is 12.7. The fourth-order valence-electron chi connectivity index (χ4n) is 2.52. The van der Waals surface area contributed by atoms with E-state index in [4.69, 9.17) is 16.3 Å². The largest absolute Gasteiger partial charge is 0.468 e. The molecule has 1 aliphatic rings. The van der Waals surface area contributed by atoms with E-state index in [1.807, 2.05) is 17.0 Å². The molecule has 6 heteroatoms. The number of nitrogens with zero attached hydrogens (tertiary/aromatic N) is 1. The molecular formula is C15H19ClN2O3. The van der Waals surface area contributed by atoms with Gasteiger partial charge in [0, 0.05) is 13.0 Å². The molecular weight excluding hydrogens is 292 g/mol. The van der Waals surface area contributed by atoms with Crippen LogP contribution in [0.2, 0.25) is 5.02 Å². The van der Waals surface area contributed by atoms with E-state index in [2.05, 4.69) is 5.32 Å². The zero-order chi connectivity index (χ0) is 15.2. The third-order valence-electron chi connectivity index (χ3n) is 3.61. The topological polar surface area (TPSA) is 58.6 Å². The molecule has 1 saturated heterocycles. The number of carbonyl (C=O) groups is 2. The summed E-state index contributed by atoms with van der Waals surface area (Å²) in [4.78, 5) is 25.6. The molecule has 1 amide bonds. The van der Waals surface area contributed by atoms with Crippen LogP contribution >= 0.6 is 11.6 Å². The number of hydrogen-bond acceptors (Lipinski definition) is 4. The van der Waals surface area contributed by atoms with Gasteiger partial charge >= 0.3 is 5.97 Å². The maximum absolute atomic E-state index is 12.0. The number of rotatable bonds is 5. The van der Waals surface area contributed by atoms with E-state index in [-0.39, 0.29) is 17.9 Å². The van der Waals surface area contributed by atoms with E-state index in [0.717, 1.165) is 19.4 Å². The van der Waals surface area contributed by atoms with Crippen molar-refractivity contribution in [1.29, 1.82) is 0 Å². The van der Waals surface area contributed by atoms with E-state index in [1.54, 1.807) is 12.1 Å². The minimum absolute atomic E-state index is 0.112. The summed E-state index contributed by atoms with van der Waals surface area (Å²) in [6.45, 7) is 1.36. The lowest BCUT2D eigenvalue weighted by molar-refractivity contribution is -0.146. The number of anilines is 1. The molecule has 1 fully saturated rings. The van der Waals surface area contributed by atoms with Crippen molar-refractivity contribution in [2.75, 3.05) is 25.5 Å². The van der Waals surface area contributed by atoms with Crippen LogP contribution in [0.15, 0.2) is 24.3 Å². The molecule has 1 aromatic rings. The van der Waals surface area contributed by atoms with Crippen LogP contribution in [-0.2, 0) is 14.3 Å². The molecule has 0 spiro atoms. The highest BCUT2D eigenvalue weighted by molar-refractivity contribution is 6.33. The average Bonchev–Trinajstić information content (AvgIpc) is 2.95. The first-order valence-corrected chi connectivity index (χ1v) is 7.36. The molecule has 0 radical (unpaired) electrons. The molecule has 114 valence electrons. The van der Waals surface area contributed by atoms with Crippen LogP contribution < -0.4 is 5.32 Å². The summed E-state index contributed by atoms with van der Waals surface area (Å²) in [5.74, 6) is -0.336. The highest BCUT2D eigenvalue weighted by Gasteiger charge is 2.31. The number of benzene rings is 1. The number of likely N-dealkylation sites (tertiary alicyclic amines) is 1. The standard InChI is InChI=1S/C15H19ClN2O3/c1-21-15(20)13-7-4-9-18(13)10-8-14(19)17-12-6-3-2-5-11(12)16/h2-3,5-6,13H,4,7-10H2,1H3,(H,17,19). The third kappa shape index (κ3) is 4.19. The number of esters is 1. The van der Waals surface area contributed by atoms with Gasteiger partial charge in [0.25, 0.3) is 0 Å². The number of halogens is 1. The van der Waals surface area contributed by atoms with Gasteiger partial charge in [-0.1, -0.05) is 23.7 Å². The molecule has 0 aromatic heterocycles. The van der Waals surface area contributed by atoms with Crippen molar-refractivity contribution in [3.63, 3.8) is 0 Å². The van der Waals surface area contributed by atoms with Gasteiger partial charge in [0.05, 0.1) is 17.8 Å². The smallest absolute Gasteiger partial charge is 0.323 e. The Hall–Kier alpha value is -1.59. The number of hydrogen-bond donors (Lipinski definition) is 1. The van der Waals surface area contributed by atoms with Crippen LogP contribution in [0.3, 0.4) is 0 Å². The molecule has 0 aliphatic carbocycles. The number of carbonyl (C=O) groups excluding carboxylic acids is 2. The predicted molar refractivity (Wildman–Crippen MR) is 81.3 cm³/mol. The van der Waals surface area contributed by atoms with Gasteiger partial charge in [-0.3, -0.25) is 14.5 Å². The molecule has 1 heterocycles. The van der Waals surface area contributed by atoms with Gasteiger partial charge < -0.3 is 10.1 Å². The molecule has 5 nitrogen and oxygen atoms in total. The normalized spacial score (nSPS) is 18.5. The molecule has 1 atom stereocenters. The van der Waals surface area contributed by atoms with Crippen LogP contribution in [-0.4, -0.2) is 43.0 Å².